The van der Waals surface area contributed by atoms with E-state index in [0.29, 0.717) is 22.3 Å². The van der Waals surface area contributed by atoms with Crippen LogP contribution in [0.25, 0.3) is 0 Å². The SMILES string of the molecule is CCCCCNC(=O)C(C)OC(=O)c1ccc(Br)c(N)c1. The first-order chi connectivity index (χ1) is 9.95. The van der Waals surface area contributed by atoms with Crippen molar-refractivity contribution in [1.82, 2.24) is 5.32 Å². The molecule has 3 N–H and O–H groups in total. The lowest BCUT2D eigenvalue weighted by atomic mass is 10.2. The minimum atomic E-state index is -0.830. The van der Waals surface area contributed by atoms with Crippen LogP contribution in [0.1, 0.15) is 43.5 Å². The number of rotatable bonds is 7. The Morgan fingerprint density at radius 2 is 2.10 bits per heavy atom. The molecule has 0 aliphatic heterocycles. The molecule has 0 radical (unpaired) electrons. The van der Waals surface area contributed by atoms with Crippen LogP contribution in [-0.4, -0.2) is 24.5 Å². The molecule has 0 aliphatic carbocycles. The summed E-state index contributed by atoms with van der Waals surface area (Å²) in [5.74, 6) is -0.852. The van der Waals surface area contributed by atoms with Gasteiger partial charge in [0.15, 0.2) is 6.10 Å². The topological polar surface area (TPSA) is 81.4 Å². The summed E-state index contributed by atoms with van der Waals surface area (Å²) in [6.07, 6.45) is 2.24. The van der Waals surface area contributed by atoms with Gasteiger partial charge in [0.25, 0.3) is 5.91 Å². The molecule has 0 aromatic heterocycles. The minimum Gasteiger partial charge on any atom is -0.449 e. The van der Waals surface area contributed by atoms with Gasteiger partial charge in [0.05, 0.1) is 5.56 Å². The minimum absolute atomic E-state index is 0.287. The molecule has 0 fully saturated rings. The van der Waals surface area contributed by atoms with Gasteiger partial charge in [0, 0.05) is 16.7 Å². The number of nitrogens with two attached hydrogens (primary N) is 1. The quantitative estimate of drug-likeness (QED) is 0.447. The van der Waals surface area contributed by atoms with Crippen molar-refractivity contribution in [3.63, 3.8) is 0 Å². The first-order valence-electron chi connectivity index (χ1n) is 6.99. The average Bonchev–Trinajstić information content (AvgIpc) is 2.46. The Kier molecular flexibility index (Phi) is 7.22. The van der Waals surface area contributed by atoms with Gasteiger partial charge in [-0.15, -0.1) is 0 Å². The third-order valence-electron chi connectivity index (χ3n) is 2.96. The molecule has 1 rings (SSSR count). The van der Waals surface area contributed by atoms with Crippen molar-refractivity contribution in [1.29, 1.82) is 0 Å². The molecule has 1 amide bonds. The number of esters is 1. The lowest BCUT2D eigenvalue weighted by molar-refractivity contribution is -0.129. The first kappa shape index (κ1) is 17.5. The highest BCUT2D eigenvalue weighted by molar-refractivity contribution is 9.10. The molecule has 0 saturated carbocycles. The van der Waals surface area contributed by atoms with Crippen molar-refractivity contribution in [2.45, 2.75) is 39.2 Å². The normalized spacial score (nSPS) is 11.8. The predicted octanol–water partition coefficient (Wildman–Crippen LogP) is 2.88. The number of anilines is 1. The Balaban J connectivity index is 2.49. The molecule has 0 spiro atoms. The van der Waals surface area contributed by atoms with E-state index in [-0.39, 0.29) is 5.91 Å². The van der Waals surface area contributed by atoms with Crippen molar-refractivity contribution in [2.75, 3.05) is 12.3 Å². The molecule has 0 bridgehead atoms. The van der Waals surface area contributed by atoms with E-state index in [4.69, 9.17) is 10.5 Å². The second kappa shape index (κ2) is 8.67. The summed E-state index contributed by atoms with van der Waals surface area (Å²) in [5.41, 5.74) is 6.48. The first-order valence-corrected chi connectivity index (χ1v) is 7.78. The number of halogens is 1. The Morgan fingerprint density at radius 3 is 2.71 bits per heavy atom. The van der Waals surface area contributed by atoms with E-state index >= 15 is 0 Å². The van der Waals surface area contributed by atoms with Gasteiger partial charge in [0.2, 0.25) is 0 Å². The molecular weight excluding hydrogens is 336 g/mol. The maximum absolute atomic E-state index is 11.9. The fourth-order valence-electron chi connectivity index (χ4n) is 1.68. The Morgan fingerprint density at radius 1 is 1.38 bits per heavy atom. The summed E-state index contributed by atoms with van der Waals surface area (Å²) in [6, 6.07) is 4.77. The standard InChI is InChI=1S/C15H21BrN2O3/c1-3-4-5-8-18-14(19)10(2)21-15(20)11-6-7-12(16)13(17)9-11/h6-7,9-10H,3-5,8,17H2,1-2H3,(H,18,19). The summed E-state index contributed by atoms with van der Waals surface area (Å²) in [6.45, 7) is 4.24. The van der Waals surface area contributed by atoms with Crippen LogP contribution in [0, 0.1) is 0 Å². The molecule has 6 heteroatoms. The number of hydrogen-bond acceptors (Lipinski definition) is 4. The number of nitrogens with one attached hydrogen (secondary N) is 1. The molecule has 1 aromatic carbocycles. The van der Waals surface area contributed by atoms with Crippen LogP contribution in [0.3, 0.4) is 0 Å². The monoisotopic (exact) mass is 356 g/mol. The lowest BCUT2D eigenvalue weighted by Crippen LogP contribution is -2.36. The van der Waals surface area contributed by atoms with Crippen LogP contribution < -0.4 is 11.1 Å². The zero-order valence-electron chi connectivity index (χ0n) is 12.3. The zero-order chi connectivity index (χ0) is 15.8. The van der Waals surface area contributed by atoms with Gasteiger partial charge in [-0.05, 0) is 47.5 Å². The second-order valence-electron chi connectivity index (χ2n) is 4.78. The summed E-state index contributed by atoms with van der Waals surface area (Å²) >= 11 is 3.25. The lowest BCUT2D eigenvalue weighted by Gasteiger charge is -2.13. The maximum Gasteiger partial charge on any atom is 0.338 e. The molecule has 116 valence electrons. The van der Waals surface area contributed by atoms with Gasteiger partial charge >= 0.3 is 5.97 Å². The van der Waals surface area contributed by atoms with E-state index in [0.717, 1.165) is 19.3 Å². The van der Waals surface area contributed by atoms with E-state index in [9.17, 15) is 9.59 Å². The van der Waals surface area contributed by atoms with Gasteiger partial charge in [-0.2, -0.15) is 0 Å². The van der Waals surface area contributed by atoms with Crippen LogP contribution in [0.5, 0.6) is 0 Å². The number of nitrogen functional groups attached to an aromatic ring is 1. The number of ether oxygens (including phenoxy) is 1. The van der Waals surface area contributed by atoms with Crippen molar-refractivity contribution in [3.05, 3.63) is 28.2 Å². The van der Waals surface area contributed by atoms with Gasteiger partial charge in [0.1, 0.15) is 0 Å². The second-order valence-corrected chi connectivity index (χ2v) is 5.64. The Bertz CT molecular complexity index is 506. The molecule has 0 saturated heterocycles. The van der Waals surface area contributed by atoms with Crippen LogP contribution in [0.4, 0.5) is 5.69 Å². The third kappa shape index (κ3) is 5.75. The van der Waals surface area contributed by atoms with Gasteiger partial charge < -0.3 is 15.8 Å². The molecule has 1 atom stereocenters. The zero-order valence-corrected chi connectivity index (χ0v) is 13.9. The van der Waals surface area contributed by atoms with Gasteiger partial charge in [-0.1, -0.05) is 19.8 Å². The molecule has 0 heterocycles. The molecule has 0 aliphatic rings. The third-order valence-corrected chi connectivity index (χ3v) is 3.69. The van der Waals surface area contributed by atoms with E-state index < -0.39 is 12.1 Å². The predicted molar refractivity (Wildman–Crippen MR) is 86.0 cm³/mol. The van der Waals surface area contributed by atoms with Crippen LogP contribution in [-0.2, 0) is 9.53 Å². The number of carbonyl (C=O) groups is 2. The van der Waals surface area contributed by atoms with E-state index in [2.05, 4.69) is 28.2 Å². The van der Waals surface area contributed by atoms with Crippen LogP contribution in [0.2, 0.25) is 0 Å². The Labute approximate surface area is 133 Å². The number of hydrogen-bond donors (Lipinski definition) is 2. The van der Waals surface area contributed by atoms with Crippen LogP contribution >= 0.6 is 15.9 Å². The van der Waals surface area contributed by atoms with Gasteiger partial charge in [-0.3, -0.25) is 4.79 Å². The number of unbranched alkanes of at least 4 members (excludes halogenated alkanes) is 2. The molecule has 21 heavy (non-hydrogen) atoms. The average molecular weight is 357 g/mol. The summed E-state index contributed by atoms with van der Waals surface area (Å²) in [5, 5.41) is 2.75. The van der Waals surface area contributed by atoms with Crippen molar-refractivity contribution in [2.24, 2.45) is 0 Å². The van der Waals surface area contributed by atoms with E-state index in [1.54, 1.807) is 19.1 Å². The van der Waals surface area contributed by atoms with Crippen LogP contribution in [0.15, 0.2) is 22.7 Å². The number of carbonyl (C=O) groups excluding carboxylic acids is 2. The fourth-order valence-corrected chi connectivity index (χ4v) is 1.93. The largest absolute Gasteiger partial charge is 0.449 e. The molecular formula is C15H21BrN2O3. The summed E-state index contributed by atoms with van der Waals surface area (Å²) < 4.78 is 5.84. The van der Waals surface area contributed by atoms with E-state index in [1.807, 2.05) is 0 Å². The highest BCUT2D eigenvalue weighted by atomic mass is 79.9. The van der Waals surface area contributed by atoms with Crippen molar-refractivity contribution in [3.8, 4) is 0 Å². The highest BCUT2D eigenvalue weighted by Crippen LogP contribution is 2.20. The smallest absolute Gasteiger partial charge is 0.338 e. The molecule has 5 nitrogen and oxygen atoms in total. The maximum atomic E-state index is 11.9. The molecule has 1 unspecified atom stereocenters. The summed E-state index contributed by atoms with van der Waals surface area (Å²) in [7, 11) is 0. The van der Waals surface area contributed by atoms with Crippen molar-refractivity contribution < 1.29 is 14.3 Å². The summed E-state index contributed by atoms with van der Waals surface area (Å²) in [4.78, 5) is 23.7. The Hall–Kier alpha value is -1.56. The fraction of sp³-hybridized carbons (Fsp3) is 0.467. The number of benzene rings is 1. The highest BCUT2D eigenvalue weighted by Gasteiger charge is 2.18. The van der Waals surface area contributed by atoms with Crippen molar-refractivity contribution >= 4 is 33.5 Å². The molecule has 1 aromatic rings. The van der Waals surface area contributed by atoms with Gasteiger partial charge in [-0.25, -0.2) is 4.79 Å². The number of amides is 1. The van der Waals surface area contributed by atoms with E-state index in [1.165, 1.54) is 6.07 Å².